The molecule has 37 heavy (non-hydrogen) atoms. The topological polar surface area (TPSA) is 112 Å². The van der Waals surface area contributed by atoms with E-state index in [1.54, 1.807) is 0 Å². The fraction of sp³-hybridized carbons (Fsp3) is 0.333. The van der Waals surface area contributed by atoms with Crippen molar-refractivity contribution >= 4 is 29.6 Å². The standard InChI is InChI=1S/C16H19NO4.C11H17NO4/c1-3-15(18)20-12-10-17(11-13-21-16(19)4-2)14-8-6-5-7-9-14;1-4-10(13)15-8-6-12(3)7-9-16-11(14)5-2/h3-9H,1-2,10-13H2;4-5H,1-2,6-9H2,3H3. The van der Waals surface area contributed by atoms with Crippen molar-refractivity contribution in [3.8, 4) is 0 Å². The molecule has 0 spiro atoms. The van der Waals surface area contributed by atoms with Crippen LogP contribution in [-0.2, 0) is 38.1 Å². The summed E-state index contributed by atoms with van der Waals surface area (Å²) in [5.41, 5.74) is 0.960. The van der Waals surface area contributed by atoms with E-state index in [1.165, 1.54) is 0 Å². The molecule has 10 heteroatoms. The number of likely N-dealkylation sites (N-methyl/N-ethyl adjacent to an activating group) is 1. The van der Waals surface area contributed by atoms with Crippen LogP contribution in [0.5, 0.6) is 0 Å². The number of para-hydroxylation sites is 1. The molecule has 0 amide bonds. The molecule has 0 bridgehead atoms. The highest BCUT2D eigenvalue weighted by Crippen LogP contribution is 2.12. The zero-order chi connectivity index (χ0) is 27.9. The number of carbonyl (C=O) groups excluding carboxylic acids is 4. The Labute approximate surface area is 218 Å². The second-order valence-corrected chi connectivity index (χ2v) is 7.11. The lowest BCUT2D eigenvalue weighted by Crippen LogP contribution is -2.31. The first-order valence-electron chi connectivity index (χ1n) is 11.4. The number of nitrogens with zero attached hydrogens (tertiary/aromatic N) is 2. The second kappa shape index (κ2) is 21.1. The van der Waals surface area contributed by atoms with E-state index in [4.69, 9.17) is 18.9 Å². The molecule has 0 aliphatic heterocycles. The predicted molar refractivity (Wildman–Crippen MR) is 141 cm³/mol. The highest BCUT2D eigenvalue weighted by Gasteiger charge is 2.08. The summed E-state index contributed by atoms with van der Waals surface area (Å²) in [7, 11) is 1.84. The zero-order valence-electron chi connectivity index (χ0n) is 21.3. The van der Waals surface area contributed by atoms with Crippen molar-refractivity contribution < 1.29 is 38.1 Å². The molecule has 0 N–H and O–H groups in total. The van der Waals surface area contributed by atoms with Gasteiger partial charge in [0.15, 0.2) is 0 Å². The molecule has 1 aromatic carbocycles. The van der Waals surface area contributed by atoms with Gasteiger partial charge in [0, 0.05) is 43.1 Å². The Hall–Kier alpha value is -4.18. The van der Waals surface area contributed by atoms with Crippen LogP contribution in [0.2, 0.25) is 0 Å². The van der Waals surface area contributed by atoms with Crippen LogP contribution in [0, 0.1) is 0 Å². The molecule has 0 saturated carbocycles. The van der Waals surface area contributed by atoms with Crippen LogP contribution < -0.4 is 4.90 Å². The normalized spacial score (nSPS) is 9.57. The average molecular weight is 517 g/mol. The molecule has 0 heterocycles. The Morgan fingerprint density at radius 1 is 0.622 bits per heavy atom. The molecular weight excluding hydrogens is 480 g/mol. The number of carbonyl (C=O) groups is 4. The lowest BCUT2D eigenvalue weighted by atomic mass is 10.3. The molecule has 10 nitrogen and oxygen atoms in total. The summed E-state index contributed by atoms with van der Waals surface area (Å²) in [6.45, 7) is 16.4. The van der Waals surface area contributed by atoms with Gasteiger partial charge in [0.2, 0.25) is 0 Å². The number of esters is 4. The van der Waals surface area contributed by atoms with E-state index in [2.05, 4.69) is 26.3 Å². The van der Waals surface area contributed by atoms with E-state index in [0.717, 1.165) is 30.0 Å². The SMILES string of the molecule is C=CC(=O)OCCN(C)CCOC(=O)C=C.C=CC(=O)OCCN(CCOC(=O)C=C)c1ccccc1. The third-order valence-electron chi connectivity index (χ3n) is 4.43. The van der Waals surface area contributed by atoms with Crippen LogP contribution in [0.1, 0.15) is 0 Å². The summed E-state index contributed by atoms with van der Waals surface area (Å²) in [5.74, 6) is -1.79. The summed E-state index contributed by atoms with van der Waals surface area (Å²) >= 11 is 0. The average Bonchev–Trinajstić information content (AvgIpc) is 2.92. The van der Waals surface area contributed by atoms with Gasteiger partial charge in [-0.2, -0.15) is 0 Å². The van der Waals surface area contributed by atoms with Gasteiger partial charge >= 0.3 is 23.9 Å². The molecule has 0 atom stereocenters. The van der Waals surface area contributed by atoms with Crippen molar-refractivity contribution in [3.05, 3.63) is 81.0 Å². The lowest BCUT2D eigenvalue weighted by Gasteiger charge is -2.24. The molecule has 0 saturated heterocycles. The molecule has 0 unspecified atom stereocenters. The Kier molecular flexibility index (Phi) is 18.7. The minimum Gasteiger partial charge on any atom is -0.461 e. The second-order valence-electron chi connectivity index (χ2n) is 7.11. The lowest BCUT2D eigenvalue weighted by molar-refractivity contribution is -0.139. The zero-order valence-corrected chi connectivity index (χ0v) is 21.3. The molecule has 0 aliphatic carbocycles. The van der Waals surface area contributed by atoms with Crippen molar-refractivity contribution in [1.82, 2.24) is 4.90 Å². The smallest absolute Gasteiger partial charge is 0.330 e. The fourth-order valence-corrected chi connectivity index (χ4v) is 2.47. The van der Waals surface area contributed by atoms with Crippen molar-refractivity contribution in [2.45, 2.75) is 0 Å². The van der Waals surface area contributed by atoms with Gasteiger partial charge < -0.3 is 23.8 Å². The number of benzene rings is 1. The molecule has 0 aliphatic rings. The Bertz CT molecular complexity index is 834. The minimum atomic E-state index is -0.457. The van der Waals surface area contributed by atoms with Crippen LogP contribution in [0.4, 0.5) is 5.69 Å². The van der Waals surface area contributed by atoms with E-state index < -0.39 is 23.9 Å². The van der Waals surface area contributed by atoms with Gasteiger partial charge in [-0.1, -0.05) is 44.5 Å². The highest BCUT2D eigenvalue weighted by molar-refractivity contribution is 5.82. The Morgan fingerprint density at radius 2 is 0.946 bits per heavy atom. The largest absolute Gasteiger partial charge is 0.461 e. The number of rotatable bonds is 17. The first kappa shape index (κ1) is 32.8. The van der Waals surface area contributed by atoms with Gasteiger partial charge in [0.05, 0.1) is 13.1 Å². The molecule has 1 rings (SSSR count). The van der Waals surface area contributed by atoms with E-state index in [1.807, 2.05) is 47.2 Å². The van der Waals surface area contributed by atoms with E-state index in [-0.39, 0.29) is 26.4 Å². The summed E-state index contributed by atoms with van der Waals surface area (Å²) < 4.78 is 19.5. The van der Waals surface area contributed by atoms with Gasteiger partial charge in [0.25, 0.3) is 0 Å². The molecular formula is C27H36N2O8. The highest BCUT2D eigenvalue weighted by atomic mass is 16.5. The molecule has 1 aromatic rings. The first-order valence-corrected chi connectivity index (χ1v) is 11.4. The fourth-order valence-electron chi connectivity index (χ4n) is 2.47. The van der Waals surface area contributed by atoms with Gasteiger partial charge in [-0.25, -0.2) is 19.2 Å². The third kappa shape index (κ3) is 17.8. The summed E-state index contributed by atoms with van der Waals surface area (Å²) in [6, 6.07) is 9.61. The number of ether oxygens (including phenoxy) is 4. The maximum absolute atomic E-state index is 11.0. The van der Waals surface area contributed by atoms with Gasteiger partial charge in [-0.3, -0.25) is 4.90 Å². The predicted octanol–water partition coefficient (Wildman–Crippen LogP) is 2.33. The number of hydrogen-bond donors (Lipinski definition) is 0. The number of anilines is 1. The maximum Gasteiger partial charge on any atom is 0.330 e. The van der Waals surface area contributed by atoms with Gasteiger partial charge in [0.1, 0.15) is 26.4 Å². The van der Waals surface area contributed by atoms with Crippen molar-refractivity contribution in [3.63, 3.8) is 0 Å². The van der Waals surface area contributed by atoms with Crippen molar-refractivity contribution in [2.24, 2.45) is 0 Å². The minimum absolute atomic E-state index is 0.231. The van der Waals surface area contributed by atoms with Crippen LogP contribution >= 0.6 is 0 Å². The van der Waals surface area contributed by atoms with Crippen LogP contribution in [0.25, 0.3) is 0 Å². The monoisotopic (exact) mass is 516 g/mol. The maximum atomic E-state index is 11.0. The summed E-state index contributed by atoms with van der Waals surface area (Å²) in [6.07, 6.45) is 4.48. The summed E-state index contributed by atoms with van der Waals surface area (Å²) in [4.78, 5) is 47.3. The molecule has 202 valence electrons. The Balaban J connectivity index is 0.000000730. The quantitative estimate of drug-likeness (QED) is 0.174. The van der Waals surface area contributed by atoms with Crippen LogP contribution in [-0.4, -0.2) is 88.4 Å². The van der Waals surface area contributed by atoms with E-state index in [0.29, 0.717) is 26.2 Å². The van der Waals surface area contributed by atoms with Crippen LogP contribution in [0.15, 0.2) is 81.0 Å². The van der Waals surface area contributed by atoms with Gasteiger partial charge in [-0.15, -0.1) is 0 Å². The summed E-state index contributed by atoms with van der Waals surface area (Å²) in [5, 5.41) is 0. The molecule has 0 fully saturated rings. The third-order valence-corrected chi connectivity index (χ3v) is 4.43. The first-order chi connectivity index (χ1) is 17.8. The number of hydrogen-bond acceptors (Lipinski definition) is 10. The van der Waals surface area contributed by atoms with Crippen molar-refractivity contribution in [1.29, 1.82) is 0 Å². The molecule has 0 aromatic heterocycles. The Morgan fingerprint density at radius 3 is 1.27 bits per heavy atom. The van der Waals surface area contributed by atoms with Crippen LogP contribution in [0.3, 0.4) is 0 Å². The van der Waals surface area contributed by atoms with E-state index >= 15 is 0 Å². The molecule has 0 radical (unpaired) electrons. The van der Waals surface area contributed by atoms with E-state index in [9.17, 15) is 19.2 Å². The van der Waals surface area contributed by atoms with Crippen molar-refractivity contribution in [2.75, 3.05) is 64.6 Å². The van der Waals surface area contributed by atoms with Gasteiger partial charge in [-0.05, 0) is 19.2 Å².